The van der Waals surface area contributed by atoms with Crippen molar-refractivity contribution in [3.63, 3.8) is 0 Å². The molecule has 0 fully saturated rings. The first-order valence-corrected chi connectivity index (χ1v) is 5.02. The fraction of sp³-hybridized carbons (Fsp3) is 0.364. The number of halogens is 3. The van der Waals surface area contributed by atoms with E-state index in [1.807, 2.05) is 0 Å². The number of carbonyl (C=O) groups excluding carboxylic acids is 1. The van der Waals surface area contributed by atoms with Gasteiger partial charge in [0.15, 0.2) is 5.78 Å². The highest BCUT2D eigenvalue weighted by Crippen LogP contribution is 2.26. The van der Waals surface area contributed by atoms with Crippen LogP contribution in [0.2, 0.25) is 0 Å². The zero-order chi connectivity index (χ0) is 13.1. The number of carbonyl (C=O) groups is 1. The molecule has 0 aliphatic carbocycles. The Bertz CT molecular complexity index is 416. The maximum absolute atomic E-state index is 12.0. The molecule has 0 amide bonds. The Morgan fingerprint density at radius 2 is 2.06 bits per heavy atom. The molecule has 0 radical (unpaired) electrons. The zero-order valence-corrected chi connectivity index (χ0v) is 9.17. The molecule has 0 bridgehead atoms. The van der Waals surface area contributed by atoms with Crippen LogP contribution in [0.1, 0.15) is 30.1 Å². The quantitative estimate of drug-likeness (QED) is 0.656. The van der Waals surface area contributed by atoms with Crippen LogP contribution in [-0.2, 0) is 0 Å². The van der Waals surface area contributed by atoms with Crippen LogP contribution in [0.3, 0.4) is 0 Å². The molecule has 1 aromatic rings. The van der Waals surface area contributed by atoms with Gasteiger partial charge in [-0.05, 0) is 24.6 Å². The first kappa shape index (κ1) is 13.3. The summed E-state index contributed by atoms with van der Waals surface area (Å²) >= 11 is 0. The zero-order valence-electron chi connectivity index (χ0n) is 9.17. The number of Topliss-reactive ketones (excluding diaryl/α,β-unsaturated/α-hetero) is 1. The standard InChI is InChI=1S/C11H12F3NO2/c1-2-3-10(16)8-6-7(4-5-9(8)15)17-11(12,13)14/h4-6H,2-3,15H2,1H3. The minimum Gasteiger partial charge on any atom is -0.406 e. The lowest BCUT2D eigenvalue weighted by Gasteiger charge is -2.11. The molecular weight excluding hydrogens is 235 g/mol. The van der Waals surface area contributed by atoms with Crippen molar-refractivity contribution >= 4 is 11.5 Å². The molecule has 17 heavy (non-hydrogen) atoms. The van der Waals surface area contributed by atoms with E-state index >= 15 is 0 Å². The number of ether oxygens (including phenoxy) is 1. The van der Waals surface area contributed by atoms with E-state index in [1.54, 1.807) is 6.92 Å². The molecule has 0 atom stereocenters. The summed E-state index contributed by atoms with van der Waals surface area (Å²) in [5.41, 5.74) is 5.74. The summed E-state index contributed by atoms with van der Waals surface area (Å²) in [6.07, 6.45) is -3.94. The number of anilines is 1. The van der Waals surface area contributed by atoms with Crippen molar-refractivity contribution in [1.29, 1.82) is 0 Å². The van der Waals surface area contributed by atoms with E-state index in [4.69, 9.17) is 5.73 Å². The molecule has 1 rings (SSSR count). The van der Waals surface area contributed by atoms with Crippen LogP contribution in [0.15, 0.2) is 18.2 Å². The summed E-state index contributed by atoms with van der Waals surface area (Å²) < 4.78 is 39.7. The Kier molecular flexibility index (Phi) is 3.98. The molecule has 1 aromatic carbocycles. The van der Waals surface area contributed by atoms with Crippen LogP contribution in [0.4, 0.5) is 18.9 Å². The molecule has 94 valence electrons. The second-order valence-corrected chi connectivity index (χ2v) is 3.47. The Balaban J connectivity index is 2.98. The smallest absolute Gasteiger partial charge is 0.406 e. The maximum Gasteiger partial charge on any atom is 0.573 e. The van der Waals surface area contributed by atoms with Gasteiger partial charge in [-0.25, -0.2) is 0 Å². The molecule has 0 aliphatic heterocycles. The number of hydrogen-bond acceptors (Lipinski definition) is 3. The molecule has 0 saturated carbocycles. The third-order valence-corrected chi connectivity index (χ3v) is 2.04. The van der Waals surface area contributed by atoms with Crippen molar-refractivity contribution in [1.82, 2.24) is 0 Å². The molecule has 2 N–H and O–H groups in total. The molecule has 0 aliphatic rings. The number of rotatable bonds is 4. The number of alkyl halides is 3. The van der Waals surface area contributed by atoms with E-state index < -0.39 is 12.1 Å². The van der Waals surface area contributed by atoms with Gasteiger partial charge in [0.1, 0.15) is 5.75 Å². The van der Waals surface area contributed by atoms with Gasteiger partial charge < -0.3 is 10.5 Å². The van der Waals surface area contributed by atoms with Crippen LogP contribution in [-0.4, -0.2) is 12.1 Å². The lowest BCUT2D eigenvalue weighted by Crippen LogP contribution is -2.17. The Labute approximate surface area is 96.4 Å². The van der Waals surface area contributed by atoms with Crippen molar-refractivity contribution in [2.45, 2.75) is 26.1 Å². The van der Waals surface area contributed by atoms with Crippen LogP contribution in [0.25, 0.3) is 0 Å². The first-order chi connectivity index (χ1) is 7.83. The van der Waals surface area contributed by atoms with E-state index in [-0.39, 0.29) is 23.5 Å². The Morgan fingerprint density at radius 1 is 1.41 bits per heavy atom. The lowest BCUT2D eigenvalue weighted by molar-refractivity contribution is -0.274. The molecule has 0 aromatic heterocycles. The van der Waals surface area contributed by atoms with E-state index in [9.17, 15) is 18.0 Å². The molecule has 0 heterocycles. The van der Waals surface area contributed by atoms with Gasteiger partial charge in [-0.15, -0.1) is 13.2 Å². The molecule has 0 saturated heterocycles. The number of ketones is 1. The van der Waals surface area contributed by atoms with Crippen LogP contribution in [0.5, 0.6) is 5.75 Å². The van der Waals surface area contributed by atoms with Crippen LogP contribution < -0.4 is 10.5 Å². The molecule has 0 spiro atoms. The number of hydrogen-bond donors (Lipinski definition) is 1. The third-order valence-electron chi connectivity index (χ3n) is 2.04. The maximum atomic E-state index is 12.0. The van der Waals surface area contributed by atoms with Gasteiger partial charge in [0, 0.05) is 17.7 Å². The second-order valence-electron chi connectivity index (χ2n) is 3.47. The predicted octanol–water partition coefficient (Wildman–Crippen LogP) is 3.15. The van der Waals surface area contributed by atoms with E-state index in [0.29, 0.717) is 6.42 Å². The average molecular weight is 247 g/mol. The Hall–Kier alpha value is -1.72. The van der Waals surface area contributed by atoms with Crippen molar-refractivity contribution in [2.24, 2.45) is 0 Å². The summed E-state index contributed by atoms with van der Waals surface area (Å²) in [5.74, 6) is -0.733. The fourth-order valence-electron chi connectivity index (χ4n) is 1.34. The number of nitrogen functional groups attached to an aromatic ring is 1. The summed E-state index contributed by atoms with van der Waals surface area (Å²) in [7, 11) is 0. The van der Waals surface area contributed by atoms with Crippen molar-refractivity contribution in [3.8, 4) is 5.75 Å². The van der Waals surface area contributed by atoms with E-state index in [0.717, 1.165) is 12.1 Å². The largest absolute Gasteiger partial charge is 0.573 e. The summed E-state index contributed by atoms with van der Waals surface area (Å²) in [4.78, 5) is 11.6. The van der Waals surface area contributed by atoms with E-state index in [1.165, 1.54) is 6.07 Å². The van der Waals surface area contributed by atoms with Gasteiger partial charge in [-0.3, -0.25) is 4.79 Å². The average Bonchev–Trinajstić information content (AvgIpc) is 2.19. The van der Waals surface area contributed by atoms with Gasteiger partial charge in [0.25, 0.3) is 0 Å². The van der Waals surface area contributed by atoms with Crippen molar-refractivity contribution < 1.29 is 22.7 Å². The third kappa shape index (κ3) is 3.97. The highest BCUT2D eigenvalue weighted by molar-refractivity contribution is 6.01. The van der Waals surface area contributed by atoms with Crippen LogP contribution in [0, 0.1) is 0 Å². The van der Waals surface area contributed by atoms with Gasteiger partial charge >= 0.3 is 6.36 Å². The number of benzene rings is 1. The molecule has 6 heteroatoms. The van der Waals surface area contributed by atoms with Crippen molar-refractivity contribution in [3.05, 3.63) is 23.8 Å². The van der Waals surface area contributed by atoms with Gasteiger partial charge in [-0.2, -0.15) is 0 Å². The summed E-state index contributed by atoms with van der Waals surface area (Å²) in [6, 6.07) is 3.32. The SMILES string of the molecule is CCCC(=O)c1cc(OC(F)(F)F)ccc1N. The monoisotopic (exact) mass is 247 g/mol. The highest BCUT2D eigenvalue weighted by atomic mass is 19.4. The molecule has 0 unspecified atom stereocenters. The number of nitrogens with two attached hydrogens (primary N) is 1. The van der Waals surface area contributed by atoms with E-state index in [2.05, 4.69) is 4.74 Å². The van der Waals surface area contributed by atoms with Crippen LogP contribution >= 0.6 is 0 Å². The highest BCUT2D eigenvalue weighted by Gasteiger charge is 2.31. The first-order valence-electron chi connectivity index (χ1n) is 5.02. The summed E-state index contributed by atoms with van der Waals surface area (Å²) in [5, 5.41) is 0. The normalized spacial score (nSPS) is 11.3. The Morgan fingerprint density at radius 3 is 2.59 bits per heavy atom. The topological polar surface area (TPSA) is 52.3 Å². The second kappa shape index (κ2) is 5.07. The van der Waals surface area contributed by atoms with Gasteiger partial charge in [-0.1, -0.05) is 6.92 Å². The fourth-order valence-corrected chi connectivity index (χ4v) is 1.34. The van der Waals surface area contributed by atoms with Gasteiger partial charge in [0.05, 0.1) is 0 Å². The molecular formula is C11H12F3NO2. The lowest BCUT2D eigenvalue weighted by atomic mass is 10.0. The van der Waals surface area contributed by atoms with Gasteiger partial charge in [0.2, 0.25) is 0 Å². The molecule has 3 nitrogen and oxygen atoms in total. The minimum absolute atomic E-state index is 0.0635. The van der Waals surface area contributed by atoms with Crippen molar-refractivity contribution in [2.75, 3.05) is 5.73 Å². The predicted molar refractivity (Wildman–Crippen MR) is 56.8 cm³/mol. The minimum atomic E-state index is -4.78. The summed E-state index contributed by atoms with van der Waals surface area (Å²) in [6.45, 7) is 1.80.